The van der Waals surface area contributed by atoms with Crippen LogP contribution in [0.4, 0.5) is 0 Å². The molecule has 0 spiro atoms. The van der Waals surface area contributed by atoms with Crippen molar-refractivity contribution in [2.45, 2.75) is 31.7 Å². The standard InChI is InChI=1S/C14H20N2O/c17-14(9-11-15-13-6-7-13)16-10-8-12-4-2-1-3-5-12/h1-5,13,15H,6-11H2,(H,16,17). The molecule has 0 bridgehead atoms. The fourth-order valence-corrected chi connectivity index (χ4v) is 1.76. The van der Waals surface area contributed by atoms with Gasteiger partial charge in [0, 0.05) is 25.6 Å². The molecule has 3 nitrogen and oxygen atoms in total. The van der Waals surface area contributed by atoms with Gasteiger partial charge in [-0.15, -0.1) is 0 Å². The van der Waals surface area contributed by atoms with Gasteiger partial charge in [0.1, 0.15) is 0 Å². The second-order valence-corrected chi connectivity index (χ2v) is 4.56. The highest BCUT2D eigenvalue weighted by Gasteiger charge is 2.19. The summed E-state index contributed by atoms with van der Waals surface area (Å²) in [7, 11) is 0. The molecule has 1 amide bonds. The first-order valence-corrected chi connectivity index (χ1v) is 6.38. The van der Waals surface area contributed by atoms with Crippen LogP contribution in [0.25, 0.3) is 0 Å². The molecule has 0 atom stereocenters. The second kappa shape index (κ2) is 6.40. The highest BCUT2D eigenvalue weighted by Crippen LogP contribution is 2.18. The molecule has 0 aromatic heterocycles. The van der Waals surface area contributed by atoms with Crippen molar-refractivity contribution in [3.05, 3.63) is 35.9 Å². The van der Waals surface area contributed by atoms with Crippen molar-refractivity contribution in [3.8, 4) is 0 Å². The maximum atomic E-state index is 11.5. The van der Waals surface area contributed by atoms with Crippen LogP contribution < -0.4 is 10.6 Å². The Morgan fingerprint density at radius 2 is 1.94 bits per heavy atom. The lowest BCUT2D eigenvalue weighted by molar-refractivity contribution is -0.120. The van der Waals surface area contributed by atoms with Gasteiger partial charge >= 0.3 is 0 Å². The molecule has 1 aliphatic rings. The SMILES string of the molecule is O=C(CCNC1CC1)NCCc1ccccc1. The average Bonchev–Trinajstić information content (AvgIpc) is 3.14. The van der Waals surface area contributed by atoms with Crippen LogP contribution in [-0.4, -0.2) is 25.0 Å². The van der Waals surface area contributed by atoms with Gasteiger partial charge in [0.05, 0.1) is 0 Å². The van der Waals surface area contributed by atoms with E-state index in [0.29, 0.717) is 12.5 Å². The maximum absolute atomic E-state index is 11.5. The van der Waals surface area contributed by atoms with Crippen molar-refractivity contribution in [1.82, 2.24) is 10.6 Å². The Bertz CT molecular complexity index is 346. The normalized spacial score (nSPS) is 14.6. The van der Waals surface area contributed by atoms with Crippen LogP contribution in [0.1, 0.15) is 24.8 Å². The molecule has 1 aromatic rings. The van der Waals surface area contributed by atoms with Crippen LogP contribution in [-0.2, 0) is 11.2 Å². The Morgan fingerprint density at radius 1 is 1.18 bits per heavy atom. The molecule has 0 saturated heterocycles. The molecule has 1 saturated carbocycles. The molecular weight excluding hydrogens is 212 g/mol. The topological polar surface area (TPSA) is 41.1 Å². The van der Waals surface area contributed by atoms with Crippen LogP contribution >= 0.6 is 0 Å². The van der Waals surface area contributed by atoms with E-state index in [1.165, 1.54) is 18.4 Å². The number of amides is 1. The lowest BCUT2D eigenvalue weighted by Crippen LogP contribution is -2.29. The molecule has 0 radical (unpaired) electrons. The Kier molecular flexibility index (Phi) is 4.56. The fourth-order valence-electron chi connectivity index (χ4n) is 1.76. The zero-order chi connectivity index (χ0) is 11.9. The zero-order valence-electron chi connectivity index (χ0n) is 10.1. The van der Waals surface area contributed by atoms with Gasteiger partial charge in [0.15, 0.2) is 0 Å². The number of carbonyl (C=O) groups is 1. The average molecular weight is 232 g/mol. The third-order valence-electron chi connectivity index (χ3n) is 2.94. The van der Waals surface area contributed by atoms with E-state index in [9.17, 15) is 4.79 Å². The van der Waals surface area contributed by atoms with Crippen molar-refractivity contribution in [1.29, 1.82) is 0 Å². The van der Waals surface area contributed by atoms with Crippen molar-refractivity contribution >= 4 is 5.91 Å². The Labute approximate surface area is 103 Å². The van der Waals surface area contributed by atoms with Crippen LogP contribution in [0.15, 0.2) is 30.3 Å². The lowest BCUT2D eigenvalue weighted by atomic mass is 10.1. The van der Waals surface area contributed by atoms with E-state index >= 15 is 0 Å². The lowest BCUT2D eigenvalue weighted by Gasteiger charge is -2.05. The summed E-state index contributed by atoms with van der Waals surface area (Å²) in [6, 6.07) is 10.9. The van der Waals surface area contributed by atoms with E-state index in [0.717, 1.165) is 19.5 Å². The molecule has 0 unspecified atom stereocenters. The van der Waals surface area contributed by atoms with Gasteiger partial charge in [-0.2, -0.15) is 0 Å². The molecule has 0 aliphatic heterocycles. The fraction of sp³-hybridized carbons (Fsp3) is 0.500. The number of hydrogen-bond acceptors (Lipinski definition) is 2. The highest BCUT2D eigenvalue weighted by atomic mass is 16.1. The minimum absolute atomic E-state index is 0.147. The second-order valence-electron chi connectivity index (χ2n) is 4.56. The predicted octanol–water partition coefficient (Wildman–Crippen LogP) is 1.49. The molecule has 0 heterocycles. The van der Waals surface area contributed by atoms with Gasteiger partial charge in [-0.25, -0.2) is 0 Å². The van der Waals surface area contributed by atoms with Crippen molar-refractivity contribution < 1.29 is 4.79 Å². The minimum Gasteiger partial charge on any atom is -0.356 e. The summed E-state index contributed by atoms with van der Waals surface area (Å²) in [5, 5.41) is 6.28. The molecule has 1 aromatic carbocycles. The number of hydrogen-bond donors (Lipinski definition) is 2. The first kappa shape index (κ1) is 12.1. The van der Waals surface area contributed by atoms with Gasteiger partial charge in [-0.3, -0.25) is 4.79 Å². The number of nitrogens with one attached hydrogen (secondary N) is 2. The minimum atomic E-state index is 0.147. The summed E-state index contributed by atoms with van der Waals surface area (Å²) in [4.78, 5) is 11.5. The molecule has 1 fully saturated rings. The highest BCUT2D eigenvalue weighted by molar-refractivity contribution is 5.76. The van der Waals surface area contributed by atoms with E-state index in [1.54, 1.807) is 0 Å². The van der Waals surface area contributed by atoms with Crippen molar-refractivity contribution in [3.63, 3.8) is 0 Å². The van der Waals surface area contributed by atoms with E-state index in [-0.39, 0.29) is 5.91 Å². The summed E-state index contributed by atoms with van der Waals surface area (Å²) in [5.41, 5.74) is 1.27. The predicted molar refractivity (Wildman–Crippen MR) is 68.8 cm³/mol. The molecule has 1 aliphatic carbocycles. The van der Waals surface area contributed by atoms with Gasteiger partial charge in [-0.1, -0.05) is 30.3 Å². The maximum Gasteiger partial charge on any atom is 0.221 e. The Hall–Kier alpha value is -1.35. The largest absolute Gasteiger partial charge is 0.356 e. The Morgan fingerprint density at radius 3 is 2.65 bits per heavy atom. The molecule has 3 heteroatoms. The molecular formula is C14H20N2O. The number of rotatable bonds is 7. The quantitative estimate of drug-likeness (QED) is 0.748. The monoisotopic (exact) mass is 232 g/mol. The number of benzene rings is 1. The first-order valence-electron chi connectivity index (χ1n) is 6.38. The van der Waals surface area contributed by atoms with Crippen molar-refractivity contribution in [2.24, 2.45) is 0 Å². The third kappa shape index (κ3) is 5.00. The molecule has 92 valence electrons. The van der Waals surface area contributed by atoms with Gasteiger partial charge in [0.2, 0.25) is 5.91 Å². The Balaban J connectivity index is 1.53. The summed E-state index contributed by atoms with van der Waals surface area (Å²) in [6.07, 6.45) is 4.04. The van der Waals surface area contributed by atoms with Crippen LogP contribution in [0.3, 0.4) is 0 Å². The van der Waals surface area contributed by atoms with E-state index in [1.807, 2.05) is 18.2 Å². The smallest absolute Gasteiger partial charge is 0.221 e. The van der Waals surface area contributed by atoms with Crippen LogP contribution in [0.5, 0.6) is 0 Å². The molecule has 2 N–H and O–H groups in total. The molecule has 2 rings (SSSR count). The summed E-state index contributed by atoms with van der Waals surface area (Å²) in [5.74, 6) is 0.147. The summed E-state index contributed by atoms with van der Waals surface area (Å²) < 4.78 is 0. The van der Waals surface area contributed by atoms with Gasteiger partial charge < -0.3 is 10.6 Å². The van der Waals surface area contributed by atoms with E-state index in [2.05, 4.69) is 22.8 Å². The zero-order valence-corrected chi connectivity index (χ0v) is 10.1. The molecule has 17 heavy (non-hydrogen) atoms. The van der Waals surface area contributed by atoms with Gasteiger partial charge in [0.25, 0.3) is 0 Å². The van der Waals surface area contributed by atoms with E-state index < -0.39 is 0 Å². The first-order chi connectivity index (χ1) is 8.34. The van der Waals surface area contributed by atoms with Gasteiger partial charge in [-0.05, 0) is 24.8 Å². The van der Waals surface area contributed by atoms with Crippen LogP contribution in [0.2, 0.25) is 0 Å². The third-order valence-corrected chi connectivity index (χ3v) is 2.94. The summed E-state index contributed by atoms with van der Waals surface area (Å²) >= 11 is 0. The van der Waals surface area contributed by atoms with Crippen molar-refractivity contribution in [2.75, 3.05) is 13.1 Å². The summed E-state index contributed by atoms with van der Waals surface area (Å²) in [6.45, 7) is 1.54. The van der Waals surface area contributed by atoms with Crippen LogP contribution in [0, 0.1) is 0 Å². The number of carbonyl (C=O) groups excluding carboxylic acids is 1. The van der Waals surface area contributed by atoms with E-state index in [4.69, 9.17) is 0 Å².